The van der Waals surface area contributed by atoms with E-state index < -0.39 is 5.82 Å². The number of hydrogen-bond acceptors (Lipinski definition) is 4. The molecule has 0 fully saturated rings. The molecule has 1 aliphatic heterocycles. The number of fused-ring (bicyclic) bond motifs is 1. The number of ether oxygens (including phenoxy) is 2. The highest BCUT2D eigenvalue weighted by molar-refractivity contribution is 5.45. The average Bonchev–Trinajstić information content (AvgIpc) is 2.87. The van der Waals surface area contributed by atoms with E-state index in [-0.39, 0.29) is 12.6 Å². The summed E-state index contributed by atoms with van der Waals surface area (Å²) in [5.41, 5.74) is 7.55. The summed E-state index contributed by atoms with van der Waals surface area (Å²) in [5, 5.41) is 8.83. The predicted molar refractivity (Wildman–Crippen MR) is 74.3 cm³/mol. The van der Waals surface area contributed by atoms with Gasteiger partial charge in [-0.05, 0) is 30.3 Å². The van der Waals surface area contributed by atoms with Gasteiger partial charge >= 0.3 is 0 Å². The number of benzene rings is 2. The molecule has 1 aliphatic rings. The van der Waals surface area contributed by atoms with E-state index in [1.807, 2.05) is 12.1 Å². The highest BCUT2D eigenvalue weighted by Crippen LogP contribution is 2.34. The number of rotatable bonds is 3. The van der Waals surface area contributed by atoms with Crippen molar-refractivity contribution in [3.8, 4) is 17.6 Å². The summed E-state index contributed by atoms with van der Waals surface area (Å²) in [6.45, 7) is 0.504. The van der Waals surface area contributed by atoms with Crippen molar-refractivity contribution in [2.45, 2.75) is 12.6 Å². The first-order valence-corrected chi connectivity index (χ1v) is 6.51. The maximum absolute atomic E-state index is 13.6. The molecule has 0 aliphatic carbocycles. The number of nitrogens with zero attached hydrogens (tertiary/aromatic N) is 1. The molecule has 106 valence electrons. The smallest absolute Gasteiger partial charge is 0.129 e. The Morgan fingerprint density at radius 3 is 3.00 bits per heavy atom. The van der Waals surface area contributed by atoms with Crippen molar-refractivity contribution < 1.29 is 13.9 Å². The minimum Gasteiger partial charge on any atom is -0.491 e. The fourth-order valence-electron chi connectivity index (χ4n) is 2.22. The second-order valence-corrected chi connectivity index (χ2v) is 4.82. The van der Waals surface area contributed by atoms with Crippen LogP contribution in [-0.4, -0.2) is 6.61 Å². The standard InChI is InChI=1S/C16H13FN2O2/c17-14-4-1-10(7-18)5-11(14)8-20-12-2-3-13-15(19)9-21-16(13)6-12/h1-6,15H,8-9,19H2. The Bertz CT molecular complexity index is 725. The Hall–Kier alpha value is -2.58. The van der Waals surface area contributed by atoms with Gasteiger partial charge in [0.2, 0.25) is 0 Å². The second-order valence-electron chi connectivity index (χ2n) is 4.82. The Morgan fingerprint density at radius 1 is 1.33 bits per heavy atom. The number of nitriles is 1. The fourth-order valence-corrected chi connectivity index (χ4v) is 2.22. The first-order chi connectivity index (χ1) is 10.2. The summed E-state index contributed by atoms with van der Waals surface area (Å²) in [5.74, 6) is 0.879. The van der Waals surface area contributed by atoms with Gasteiger partial charge in [-0.3, -0.25) is 0 Å². The molecule has 5 heteroatoms. The molecule has 0 amide bonds. The maximum atomic E-state index is 13.6. The molecule has 1 unspecified atom stereocenters. The lowest BCUT2D eigenvalue weighted by molar-refractivity contribution is 0.295. The van der Waals surface area contributed by atoms with Crippen LogP contribution in [0.1, 0.15) is 22.7 Å². The van der Waals surface area contributed by atoms with Gasteiger partial charge in [-0.1, -0.05) is 0 Å². The summed E-state index contributed by atoms with van der Waals surface area (Å²) in [4.78, 5) is 0. The quantitative estimate of drug-likeness (QED) is 0.940. The van der Waals surface area contributed by atoms with Crippen LogP contribution < -0.4 is 15.2 Å². The van der Waals surface area contributed by atoms with E-state index in [4.69, 9.17) is 20.5 Å². The highest BCUT2D eigenvalue weighted by Gasteiger charge is 2.20. The molecule has 0 spiro atoms. The molecular formula is C16H13FN2O2. The normalized spacial score (nSPS) is 16.0. The van der Waals surface area contributed by atoms with Crippen LogP contribution >= 0.6 is 0 Å². The Kier molecular flexibility index (Phi) is 3.46. The van der Waals surface area contributed by atoms with E-state index in [9.17, 15) is 4.39 Å². The maximum Gasteiger partial charge on any atom is 0.129 e. The third-order valence-corrected chi connectivity index (χ3v) is 3.37. The molecule has 2 aromatic rings. The van der Waals surface area contributed by atoms with Gasteiger partial charge in [0.1, 0.15) is 30.5 Å². The Balaban J connectivity index is 1.75. The zero-order chi connectivity index (χ0) is 14.8. The lowest BCUT2D eigenvalue weighted by atomic mass is 10.1. The van der Waals surface area contributed by atoms with Gasteiger partial charge in [-0.25, -0.2) is 4.39 Å². The van der Waals surface area contributed by atoms with Gasteiger partial charge in [0.25, 0.3) is 0 Å². The van der Waals surface area contributed by atoms with Gasteiger partial charge in [0.05, 0.1) is 17.7 Å². The summed E-state index contributed by atoms with van der Waals surface area (Å²) >= 11 is 0. The molecule has 3 rings (SSSR count). The van der Waals surface area contributed by atoms with Crippen LogP contribution in [0.15, 0.2) is 36.4 Å². The number of nitrogens with two attached hydrogens (primary N) is 1. The lowest BCUT2D eigenvalue weighted by Gasteiger charge is -2.09. The molecule has 0 saturated heterocycles. The second kappa shape index (κ2) is 5.43. The molecule has 2 aromatic carbocycles. The molecule has 0 saturated carbocycles. The number of hydrogen-bond donors (Lipinski definition) is 1. The zero-order valence-electron chi connectivity index (χ0n) is 11.2. The van der Waals surface area contributed by atoms with Gasteiger partial charge in [0.15, 0.2) is 0 Å². The van der Waals surface area contributed by atoms with Crippen LogP contribution in [0.2, 0.25) is 0 Å². The third-order valence-electron chi connectivity index (χ3n) is 3.37. The highest BCUT2D eigenvalue weighted by atomic mass is 19.1. The van der Waals surface area contributed by atoms with Crippen LogP contribution in [0.3, 0.4) is 0 Å². The summed E-state index contributed by atoms with van der Waals surface area (Å²) in [6.07, 6.45) is 0. The minimum absolute atomic E-state index is 0.0478. The monoisotopic (exact) mass is 284 g/mol. The van der Waals surface area contributed by atoms with E-state index >= 15 is 0 Å². The molecule has 21 heavy (non-hydrogen) atoms. The van der Waals surface area contributed by atoms with Crippen LogP contribution in [0.4, 0.5) is 4.39 Å². The Morgan fingerprint density at radius 2 is 2.19 bits per heavy atom. The van der Waals surface area contributed by atoms with Gasteiger partial charge < -0.3 is 15.2 Å². The van der Waals surface area contributed by atoms with Crippen molar-refractivity contribution in [2.75, 3.05) is 6.61 Å². The largest absolute Gasteiger partial charge is 0.491 e. The van der Waals surface area contributed by atoms with Gasteiger partial charge in [-0.2, -0.15) is 5.26 Å². The molecule has 4 nitrogen and oxygen atoms in total. The Labute approximate surface area is 121 Å². The van der Waals surface area contributed by atoms with Crippen molar-refractivity contribution in [1.82, 2.24) is 0 Å². The van der Waals surface area contributed by atoms with Crippen molar-refractivity contribution in [1.29, 1.82) is 5.26 Å². The fraction of sp³-hybridized carbons (Fsp3) is 0.188. The van der Waals surface area contributed by atoms with Gasteiger partial charge in [0, 0.05) is 17.2 Å². The van der Waals surface area contributed by atoms with E-state index in [1.165, 1.54) is 18.2 Å². The van der Waals surface area contributed by atoms with Crippen molar-refractivity contribution in [3.63, 3.8) is 0 Å². The average molecular weight is 284 g/mol. The van der Waals surface area contributed by atoms with E-state index in [2.05, 4.69) is 0 Å². The van der Waals surface area contributed by atoms with Crippen molar-refractivity contribution >= 4 is 0 Å². The summed E-state index contributed by atoms with van der Waals surface area (Å²) in [6, 6.07) is 11.4. The molecule has 0 bridgehead atoms. The van der Waals surface area contributed by atoms with E-state index in [0.717, 1.165) is 5.56 Å². The van der Waals surface area contributed by atoms with Crippen LogP contribution in [0.5, 0.6) is 11.5 Å². The van der Waals surface area contributed by atoms with E-state index in [1.54, 1.807) is 12.1 Å². The van der Waals surface area contributed by atoms with Crippen LogP contribution in [-0.2, 0) is 6.61 Å². The minimum atomic E-state index is -0.395. The number of halogens is 1. The van der Waals surface area contributed by atoms with Crippen LogP contribution in [0, 0.1) is 17.1 Å². The predicted octanol–water partition coefficient (Wildman–Crippen LogP) is 2.67. The van der Waals surface area contributed by atoms with E-state index in [0.29, 0.717) is 29.2 Å². The molecule has 0 radical (unpaired) electrons. The first-order valence-electron chi connectivity index (χ1n) is 6.51. The lowest BCUT2D eigenvalue weighted by Crippen LogP contribution is -2.10. The molecule has 2 N–H and O–H groups in total. The van der Waals surface area contributed by atoms with Crippen LogP contribution in [0.25, 0.3) is 0 Å². The molecule has 0 aromatic heterocycles. The molecule has 1 heterocycles. The first kappa shape index (κ1) is 13.4. The topological polar surface area (TPSA) is 68.3 Å². The van der Waals surface area contributed by atoms with Crippen molar-refractivity contribution in [3.05, 3.63) is 58.9 Å². The summed E-state index contributed by atoms with van der Waals surface area (Å²) < 4.78 is 24.7. The third kappa shape index (κ3) is 2.67. The SMILES string of the molecule is N#Cc1ccc(F)c(COc2ccc3c(c2)OCC3N)c1. The summed E-state index contributed by atoms with van der Waals surface area (Å²) in [7, 11) is 0. The molecule has 1 atom stereocenters. The zero-order valence-corrected chi connectivity index (χ0v) is 11.2. The molecular weight excluding hydrogens is 271 g/mol. The van der Waals surface area contributed by atoms with Crippen molar-refractivity contribution in [2.24, 2.45) is 5.73 Å². The van der Waals surface area contributed by atoms with Gasteiger partial charge in [-0.15, -0.1) is 0 Å².